The fourth-order valence-corrected chi connectivity index (χ4v) is 2.02. The number of anilines is 1. The van der Waals surface area contributed by atoms with Gasteiger partial charge in [-0.15, -0.1) is 0 Å². The van der Waals surface area contributed by atoms with Crippen molar-refractivity contribution in [1.82, 2.24) is 9.97 Å². The number of hydrogen-bond donors (Lipinski definition) is 1. The van der Waals surface area contributed by atoms with Gasteiger partial charge in [0, 0.05) is 18.4 Å². The first kappa shape index (κ1) is 9.71. The average molecular weight is 212 g/mol. The summed E-state index contributed by atoms with van der Waals surface area (Å²) in [6.45, 7) is 0. The summed E-state index contributed by atoms with van der Waals surface area (Å²) in [6.07, 6.45) is 9.66. The van der Waals surface area contributed by atoms with Crippen molar-refractivity contribution < 1.29 is 0 Å². The highest BCUT2D eigenvalue weighted by molar-refractivity contribution is 6.31. The van der Waals surface area contributed by atoms with Crippen molar-refractivity contribution in [2.75, 3.05) is 5.32 Å². The quantitative estimate of drug-likeness (QED) is 0.818. The molecule has 0 unspecified atom stereocenters. The van der Waals surface area contributed by atoms with Gasteiger partial charge in [-0.25, -0.2) is 9.97 Å². The molecule has 14 heavy (non-hydrogen) atoms. The minimum Gasteiger partial charge on any atom is -0.365 e. The maximum Gasteiger partial charge on any atom is 0.171 e. The molecule has 0 spiro atoms. The van der Waals surface area contributed by atoms with Crippen molar-refractivity contribution >= 4 is 17.4 Å². The van der Waals surface area contributed by atoms with E-state index >= 15 is 0 Å². The largest absolute Gasteiger partial charge is 0.365 e. The van der Waals surface area contributed by atoms with Gasteiger partial charge < -0.3 is 5.32 Å². The van der Waals surface area contributed by atoms with E-state index in [1.54, 1.807) is 12.4 Å². The lowest BCUT2D eigenvalue weighted by molar-refractivity contribution is 0.462. The molecule has 1 fully saturated rings. The van der Waals surface area contributed by atoms with Gasteiger partial charge >= 0.3 is 0 Å². The molecular formula is C10H14ClN3. The third kappa shape index (κ3) is 2.35. The average Bonchev–Trinajstić information content (AvgIpc) is 2.23. The molecule has 0 aliphatic heterocycles. The van der Waals surface area contributed by atoms with Crippen LogP contribution in [0.1, 0.15) is 32.1 Å². The highest BCUT2D eigenvalue weighted by Gasteiger charge is 2.14. The van der Waals surface area contributed by atoms with Gasteiger partial charge in [-0.05, 0) is 12.8 Å². The van der Waals surface area contributed by atoms with E-state index in [1.165, 1.54) is 32.1 Å². The van der Waals surface area contributed by atoms with E-state index in [1.807, 2.05) is 0 Å². The Morgan fingerprint density at radius 2 is 1.86 bits per heavy atom. The van der Waals surface area contributed by atoms with Gasteiger partial charge in [0.05, 0.1) is 0 Å². The van der Waals surface area contributed by atoms with E-state index in [2.05, 4.69) is 15.3 Å². The van der Waals surface area contributed by atoms with Crippen LogP contribution in [-0.2, 0) is 0 Å². The van der Waals surface area contributed by atoms with Crippen LogP contribution >= 0.6 is 11.6 Å². The Morgan fingerprint density at radius 3 is 2.57 bits per heavy atom. The second-order valence-electron chi connectivity index (χ2n) is 3.68. The number of halogens is 1. The summed E-state index contributed by atoms with van der Waals surface area (Å²) < 4.78 is 0. The van der Waals surface area contributed by atoms with Crippen LogP contribution in [0.5, 0.6) is 0 Å². The first-order valence-electron chi connectivity index (χ1n) is 5.09. The lowest BCUT2D eigenvalue weighted by Crippen LogP contribution is -2.23. The van der Waals surface area contributed by atoms with Crippen LogP contribution in [0.4, 0.5) is 5.82 Å². The molecule has 3 nitrogen and oxygen atoms in total. The van der Waals surface area contributed by atoms with E-state index in [-0.39, 0.29) is 0 Å². The lowest BCUT2D eigenvalue weighted by atomic mass is 9.96. The van der Waals surface area contributed by atoms with Gasteiger partial charge in [0.2, 0.25) is 0 Å². The Bertz CT molecular complexity index is 297. The minimum absolute atomic E-state index is 0.470. The van der Waals surface area contributed by atoms with Gasteiger partial charge in [-0.1, -0.05) is 30.9 Å². The molecule has 1 saturated carbocycles. The number of rotatable bonds is 2. The summed E-state index contributed by atoms with van der Waals surface area (Å²) in [6, 6.07) is 0.526. The number of nitrogens with one attached hydrogen (secondary N) is 1. The molecule has 1 heterocycles. The van der Waals surface area contributed by atoms with Crippen LogP contribution in [0.25, 0.3) is 0 Å². The summed E-state index contributed by atoms with van der Waals surface area (Å²) in [7, 11) is 0. The zero-order chi connectivity index (χ0) is 9.80. The smallest absolute Gasteiger partial charge is 0.171 e. The molecule has 4 heteroatoms. The number of hydrogen-bond acceptors (Lipinski definition) is 3. The zero-order valence-electron chi connectivity index (χ0n) is 8.04. The van der Waals surface area contributed by atoms with Crippen molar-refractivity contribution in [3.05, 3.63) is 17.5 Å². The summed E-state index contributed by atoms with van der Waals surface area (Å²) in [5.41, 5.74) is 0. The molecular weight excluding hydrogens is 198 g/mol. The number of aromatic nitrogens is 2. The molecule has 1 aromatic rings. The van der Waals surface area contributed by atoms with E-state index in [9.17, 15) is 0 Å². The maximum atomic E-state index is 5.91. The van der Waals surface area contributed by atoms with Crippen LogP contribution in [0.15, 0.2) is 12.4 Å². The molecule has 1 aromatic heterocycles. The Balaban J connectivity index is 1.99. The van der Waals surface area contributed by atoms with Crippen molar-refractivity contribution in [2.45, 2.75) is 38.1 Å². The van der Waals surface area contributed by atoms with Crippen molar-refractivity contribution in [3.63, 3.8) is 0 Å². The lowest BCUT2D eigenvalue weighted by Gasteiger charge is -2.23. The van der Waals surface area contributed by atoms with Crippen LogP contribution in [0.3, 0.4) is 0 Å². The monoisotopic (exact) mass is 211 g/mol. The summed E-state index contributed by atoms with van der Waals surface area (Å²) in [5, 5.41) is 3.81. The zero-order valence-corrected chi connectivity index (χ0v) is 8.80. The van der Waals surface area contributed by atoms with Crippen molar-refractivity contribution in [2.24, 2.45) is 0 Å². The van der Waals surface area contributed by atoms with E-state index in [0.717, 1.165) is 5.82 Å². The molecule has 0 aromatic carbocycles. The molecule has 0 atom stereocenters. The molecule has 0 saturated heterocycles. The van der Waals surface area contributed by atoms with Gasteiger partial charge in [0.15, 0.2) is 11.0 Å². The van der Waals surface area contributed by atoms with Gasteiger partial charge in [0.1, 0.15) is 0 Å². The topological polar surface area (TPSA) is 37.8 Å². The van der Waals surface area contributed by atoms with Crippen LogP contribution in [-0.4, -0.2) is 16.0 Å². The Morgan fingerprint density at radius 1 is 1.14 bits per heavy atom. The molecule has 0 amide bonds. The molecule has 0 radical (unpaired) electrons. The van der Waals surface area contributed by atoms with Crippen molar-refractivity contribution in [1.29, 1.82) is 0 Å². The Labute approximate surface area is 88.9 Å². The molecule has 2 rings (SSSR count). The predicted octanol–water partition coefficient (Wildman–Crippen LogP) is 2.87. The molecule has 1 aliphatic rings. The van der Waals surface area contributed by atoms with Crippen molar-refractivity contribution in [3.8, 4) is 0 Å². The molecule has 0 bridgehead atoms. The molecule has 1 N–H and O–H groups in total. The van der Waals surface area contributed by atoms with Crippen LogP contribution in [0.2, 0.25) is 5.15 Å². The maximum absolute atomic E-state index is 5.91. The first-order valence-corrected chi connectivity index (χ1v) is 5.47. The second-order valence-corrected chi connectivity index (χ2v) is 4.03. The minimum atomic E-state index is 0.470. The first-order chi connectivity index (χ1) is 6.86. The summed E-state index contributed by atoms with van der Waals surface area (Å²) in [5.74, 6) is 0.723. The number of nitrogens with zero attached hydrogens (tertiary/aromatic N) is 2. The standard InChI is InChI=1S/C10H14ClN3/c11-9-10(13-7-6-12-9)14-8-4-2-1-3-5-8/h6-8H,1-5H2,(H,13,14). The van der Waals surface area contributed by atoms with E-state index in [0.29, 0.717) is 11.2 Å². The highest BCUT2D eigenvalue weighted by Crippen LogP contribution is 2.23. The Hall–Kier alpha value is -0.830. The molecule has 76 valence electrons. The Kier molecular flexibility index (Phi) is 3.19. The normalized spacial score (nSPS) is 18.1. The van der Waals surface area contributed by atoms with Crippen LogP contribution in [0, 0.1) is 0 Å². The van der Waals surface area contributed by atoms with Gasteiger partial charge in [-0.3, -0.25) is 0 Å². The van der Waals surface area contributed by atoms with E-state index in [4.69, 9.17) is 11.6 Å². The fourth-order valence-electron chi connectivity index (χ4n) is 1.86. The summed E-state index contributed by atoms with van der Waals surface area (Å²) >= 11 is 5.91. The van der Waals surface area contributed by atoms with E-state index < -0.39 is 0 Å². The predicted molar refractivity (Wildman–Crippen MR) is 57.5 cm³/mol. The third-order valence-electron chi connectivity index (χ3n) is 2.60. The SMILES string of the molecule is Clc1nccnc1NC1CCCCC1. The third-order valence-corrected chi connectivity index (χ3v) is 2.88. The van der Waals surface area contributed by atoms with Gasteiger partial charge in [-0.2, -0.15) is 0 Å². The fraction of sp³-hybridized carbons (Fsp3) is 0.600. The second kappa shape index (κ2) is 4.60. The highest BCUT2D eigenvalue weighted by atomic mass is 35.5. The van der Waals surface area contributed by atoms with Gasteiger partial charge in [0.25, 0.3) is 0 Å². The molecule has 1 aliphatic carbocycles. The van der Waals surface area contributed by atoms with Crippen LogP contribution < -0.4 is 5.32 Å². The summed E-state index contributed by atoms with van der Waals surface area (Å²) in [4.78, 5) is 8.15.